The Kier molecular flexibility index (Phi) is 3.39. The number of carbonyl (C=O) groups is 1. The molecule has 0 atom stereocenters. The van der Waals surface area contributed by atoms with Crippen LogP contribution < -0.4 is 5.32 Å². The second kappa shape index (κ2) is 4.97. The molecular weight excluding hydrogens is 218 g/mol. The van der Waals surface area contributed by atoms with Gasteiger partial charge in [-0.15, -0.1) is 0 Å². The molecule has 1 N–H and O–H groups in total. The van der Waals surface area contributed by atoms with Gasteiger partial charge < -0.3 is 10.1 Å². The van der Waals surface area contributed by atoms with Crippen LogP contribution in [0.15, 0.2) is 24.4 Å². The Balaban J connectivity index is 2.15. The van der Waals surface area contributed by atoms with Gasteiger partial charge in [-0.1, -0.05) is 6.07 Å². The number of nitrogens with zero attached hydrogens (tertiary/aromatic N) is 2. The first-order valence-corrected chi connectivity index (χ1v) is 5.41. The summed E-state index contributed by atoms with van der Waals surface area (Å²) in [4.78, 5) is 11.8. The van der Waals surface area contributed by atoms with Gasteiger partial charge in [0, 0.05) is 37.8 Å². The molecule has 0 aliphatic heterocycles. The minimum absolute atomic E-state index is 0.102. The maximum absolute atomic E-state index is 11.8. The number of rotatable bonds is 4. The van der Waals surface area contributed by atoms with Crippen LogP contribution in [0.4, 0.5) is 0 Å². The van der Waals surface area contributed by atoms with Crippen LogP contribution in [0, 0.1) is 0 Å². The number of aryl methyl sites for hydroxylation is 1. The fourth-order valence-electron chi connectivity index (χ4n) is 1.65. The number of ether oxygens (including phenoxy) is 1. The van der Waals surface area contributed by atoms with Crippen LogP contribution in [-0.4, -0.2) is 35.9 Å². The highest BCUT2D eigenvalue weighted by Crippen LogP contribution is 2.13. The number of aromatic nitrogens is 2. The summed E-state index contributed by atoms with van der Waals surface area (Å²) in [5.74, 6) is -0.102. The summed E-state index contributed by atoms with van der Waals surface area (Å²) in [6, 6.07) is 5.48. The summed E-state index contributed by atoms with van der Waals surface area (Å²) < 4.78 is 6.60. The zero-order valence-electron chi connectivity index (χ0n) is 9.93. The van der Waals surface area contributed by atoms with Gasteiger partial charge >= 0.3 is 0 Å². The molecule has 17 heavy (non-hydrogen) atoms. The van der Waals surface area contributed by atoms with Crippen molar-refractivity contribution in [2.24, 2.45) is 7.05 Å². The fourth-order valence-corrected chi connectivity index (χ4v) is 1.65. The molecule has 0 saturated carbocycles. The van der Waals surface area contributed by atoms with Gasteiger partial charge in [-0.05, 0) is 12.1 Å². The average Bonchev–Trinajstić information content (AvgIpc) is 2.68. The Morgan fingerprint density at radius 1 is 1.53 bits per heavy atom. The van der Waals surface area contributed by atoms with Crippen molar-refractivity contribution in [3.05, 3.63) is 30.0 Å². The van der Waals surface area contributed by atoms with Crippen molar-refractivity contribution in [2.45, 2.75) is 0 Å². The number of hydrogen-bond donors (Lipinski definition) is 1. The van der Waals surface area contributed by atoms with Gasteiger partial charge in [0.05, 0.1) is 12.1 Å². The van der Waals surface area contributed by atoms with Crippen molar-refractivity contribution < 1.29 is 9.53 Å². The first kappa shape index (κ1) is 11.6. The zero-order chi connectivity index (χ0) is 12.3. The summed E-state index contributed by atoms with van der Waals surface area (Å²) in [5.41, 5.74) is 1.44. The zero-order valence-corrected chi connectivity index (χ0v) is 9.93. The van der Waals surface area contributed by atoms with Crippen LogP contribution in [0.2, 0.25) is 0 Å². The van der Waals surface area contributed by atoms with Gasteiger partial charge in [-0.3, -0.25) is 9.48 Å². The van der Waals surface area contributed by atoms with Crippen molar-refractivity contribution in [3.8, 4) is 0 Å². The predicted octanol–water partition coefficient (Wildman–Crippen LogP) is 0.949. The lowest BCUT2D eigenvalue weighted by molar-refractivity contribution is 0.0937. The van der Waals surface area contributed by atoms with Crippen LogP contribution in [0.5, 0.6) is 0 Å². The van der Waals surface area contributed by atoms with Crippen LogP contribution in [-0.2, 0) is 11.8 Å². The topological polar surface area (TPSA) is 56.1 Å². The summed E-state index contributed by atoms with van der Waals surface area (Å²) in [6.07, 6.45) is 1.92. The van der Waals surface area contributed by atoms with Crippen molar-refractivity contribution in [3.63, 3.8) is 0 Å². The van der Waals surface area contributed by atoms with Gasteiger partial charge in [0.1, 0.15) is 0 Å². The molecule has 1 aromatic heterocycles. The number of nitrogens with one attached hydrogen (secondary N) is 1. The summed E-state index contributed by atoms with van der Waals surface area (Å²) in [7, 11) is 3.46. The molecule has 1 amide bonds. The Morgan fingerprint density at radius 2 is 2.35 bits per heavy atom. The molecule has 2 rings (SSSR count). The third-order valence-electron chi connectivity index (χ3n) is 2.48. The third kappa shape index (κ3) is 2.62. The van der Waals surface area contributed by atoms with Gasteiger partial charge in [0.15, 0.2) is 0 Å². The number of carbonyl (C=O) groups excluding carboxylic acids is 1. The molecule has 2 aromatic rings. The molecule has 0 aliphatic carbocycles. The Hall–Kier alpha value is -1.88. The SMILES string of the molecule is COCCNC(=O)c1ccc2cn(C)nc2c1. The largest absolute Gasteiger partial charge is 0.383 e. The molecule has 0 fully saturated rings. The highest BCUT2D eigenvalue weighted by molar-refractivity contribution is 5.97. The van der Waals surface area contributed by atoms with Crippen LogP contribution in [0.3, 0.4) is 0 Å². The summed E-state index contributed by atoms with van der Waals surface area (Å²) >= 11 is 0. The smallest absolute Gasteiger partial charge is 0.251 e. The second-order valence-electron chi connectivity index (χ2n) is 3.83. The number of hydrogen-bond acceptors (Lipinski definition) is 3. The number of fused-ring (bicyclic) bond motifs is 1. The first-order valence-electron chi connectivity index (χ1n) is 5.41. The van der Waals surface area contributed by atoms with Crippen molar-refractivity contribution in [1.82, 2.24) is 15.1 Å². The molecule has 0 saturated heterocycles. The Bertz CT molecular complexity index is 534. The molecule has 5 heteroatoms. The highest BCUT2D eigenvalue weighted by Gasteiger charge is 2.07. The summed E-state index contributed by atoms with van der Waals surface area (Å²) in [6.45, 7) is 1.02. The predicted molar refractivity (Wildman–Crippen MR) is 64.9 cm³/mol. The highest BCUT2D eigenvalue weighted by atomic mass is 16.5. The van der Waals surface area contributed by atoms with Crippen LogP contribution in [0.25, 0.3) is 10.9 Å². The van der Waals surface area contributed by atoms with E-state index in [0.29, 0.717) is 18.7 Å². The molecule has 1 heterocycles. The van der Waals surface area contributed by atoms with E-state index in [9.17, 15) is 4.79 Å². The quantitative estimate of drug-likeness (QED) is 0.800. The average molecular weight is 233 g/mol. The van der Waals surface area contributed by atoms with Crippen molar-refractivity contribution in [2.75, 3.05) is 20.3 Å². The molecule has 1 aromatic carbocycles. The fraction of sp³-hybridized carbons (Fsp3) is 0.333. The standard InChI is InChI=1S/C12H15N3O2/c1-15-8-10-4-3-9(7-11(10)14-15)12(16)13-5-6-17-2/h3-4,7-8H,5-6H2,1-2H3,(H,13,16). The molecule has 5 nitrogen and oxygen atoms in total. The van der Waals surface area contributed by atoms with Crippen molar-refractivity contribution >= 4 is 16.8 Å². The number of amides is 1. The van der Waals surface area contributed by atoms with Crippen molar-refractivity contribution in [1.29, 1.82) is 0 Å². The van der Waals surface area contributed by atoms with E-state index in [1.807, 2.05) is 19.3 Å². The molecule has 0 bridgehead atoms. The van der Waals surface area contributed by atoms with E-state index in [2.05, 4.69) is 10.4 Å². The van der Waals surface area contributed by atoms with Gasteiger partial charge in [0.25, 0.3) is 5.91 Å². The molecule has 0 radical (unpaired) electrons. The first-order chi connectivity index (χ1) is 8.20. The third-order valence-corrected chi connectivity index (χ3v) is 2.48. The Labute approximate surface area is 99.4 Å². The van der Waals surface area contributed by atoms with E-state index in [1.54, 1.807) is 23.9 Å². The molecule has 0 spiro atoms. The molecule has 0 unspecified atom stereocenters. The molecular formula is C12H15N3O2. The van der Waals surface area contributed by atoms with Gasteiger partial charge in [-0.25, -0.2) is 0 Å². The lowest BCUT2D eigenvalue weighted by atomic mass is 10.1. The molecule has 90 valence electrons. The minimum atomic E-state index is -0.102. The normalized spacial score (nSPS) is 10.7. The minimum Gasteiger partial charge on any atom is -0.383 e. The monoisotopic (exact) mass is 233 g/mol. The maximum atomic E-state index is 11.8. The van der Waals surface area contributed by atoms with Crippen LogP contribution in [0.1, 0.15) is 10.4 Å². The van der Waals surface area contributed by atoms with Crippen LogP contribution >= 0.6 is 0 Å². The lowest BCUT2D eigenvalue weighted by Crippen LogP contribution is -2.26. The van der Waals surface area contributed by atoms with E-state index >= 15 is 0 Å². The lowest BCUT2D eigenvalue weighted by Gasteiger charge is -2.03. The van der Waals surface area contributed by atoms with E-state index in [-0.39, 0.29) is 5.91 Å². The summed E-state index contributed by atoms with van der Waals surface area (Å²) in [5, 5.41) is 8.07. The van der Waals surface area contributed by atoms with E-state index < -0.39 is 0 Å². The second-order valence-corrected chi connectivity index (χ2v) is 3.83. The number of benzene rings is 1. The molecule has 0 aliphatic rings. The van der Waals surface area contributed by atoms with Gasteiger partial charge in [0.2, 0.25) is 0 Å². The van der Waals surface area contributed by atoms with Gasteiger partial charge in [-0.2, -0.15) is 5.10 Å². The van der Waals surface area contributed by atoms with E-state index in [4.69, 9.17) is 4.74 Å². The number of methoxy groups -OCH3 is 1. The van der Waals surface area contributed by atoms with E-state index in [0.717, 1.165) is 10.9 Å². The van der Waals surface area contributed by atoms with E-state index in [1.165, 1.54) is 0 Å². The maximum Gasteiger partial charge on any atom is 0.251 e. The Morgan fingerprint density at radius 3 is 3.12 bits per heavy atom.